The predicted octanol–water partition coefficient (Wildman–Crippen LogP) is 1.99. The molecule has 1 amide bonds. The molecule has 1 aromatic heterocycles. The van der Waals surface area contributed by atoms with Gasteiger partial charge in [-0.1, -0.05) is 35.5 Å². The first-order chi connectivity index (χ1) is 11.2. The molecule has 1 heterocycles. The molecule has 3 N–H and O–H groups in total. The molecule has 114 valence electrons. The molecule has 2 aromatic carbocycles. The second-order valence-corrected chi connectivity index (χ2v) is 4.71. The number of oxime groups is 1. The fourth-order valence-electron chi connectivity index (χ4n) is 2.23. The fraction of sp³-hybridized carbons (Fsp3) is 0. The molecule has 0 spiro atoms. The van der Waals surface area contributed by atoms with E-state index in [0.717, 1.165) is 6.21 Å². The zero-order valence-electron chi connectivity index (χ0n) is 11.9. The van der Waals surface area contributed by atoms with E-state index in [1.807, 2.05) is 12.1 Å². The van der Waals surface area contributed by atoms with Gasteiger partial charge in [-0.25, -0.2) is 4.98 Å². The highest BCUT2D eigenvalue weighted by atomic mass is 16.4. The van der Waals surface area contributed by atoms with Gasteiger partial charge in [-0.2, -0.15) is 0 Å². The van der Waals surface area contributed by atoms with Gasteiger partial charge in [0.15, 0.2) is 0 Å². The van der Waals surface area contributed by atoms with Crippen LogP contribution in [0.3, 0.4) is 0 Å². The van der Waals surface area contributed by atoms with Crippen molar-refractivity contribution in [2.24, 2.45) is 5.16 Å². The molecule has 0 radical (unpaired) electrons. The third kappa shape index (κ3) is 2.93. The van der Waals surface area contributed by atoms with Crippen LogP contribution in [0.5, 0.6) is 0 Å². The van der Waals surface area contributed by atoms with Crippen LogP contribution in [0.2, 0.25) is 0 Å². The van der Waals surface area contributed by atoms with E-state index in [4.69, 9.17) is 5.21 Å². The number of carbonyl (C=O) groups is 1. The molecule has 7 heteroatoms. The highest BCUT2D eigenvalue weighted by Gasteiger charge is 2.12. The molecular weight excluding hydrogens is 296 g/mol. The van der Waals surface area contributed by atoms with E-state index in [0.29, 0.717) is 22.3 Å². The van der Waals surface area contributed by atoms with Gasteiger partial charge in [-0.15, -0.1) is 0 Å². The van der Waals surface area contributed by atoms with Gasteiger partial charge in [0.2, 0.25) is 0 Å². The Balaban J connectivity index is 2.13. The molecule has 3 rings (SSSR count). The predicted molar refractivity (Wildman–Crippen MR) is 86.7 cm³/mol. The lowest BCUT2D eigenvalue weighted by atomic mass is 10.1. The first-order valence-electron chi connectivity index (χ1n) is 6.76. The Labute approximate surface area is 130 Å². The zero-order valence-corrected chi connectivity index (χ0v) is 11.9. The number of fused-ring (bicyclic) bond motifs is 1. The van der Waals surface area contributed by atoms with E-state index in [9.17, 15) is 9.59 Å². The summed E-state index contributed by atoms with van der Waals surface area (Å²) in [5.41, 5.74) is 1.97. The van der Waals surface area contributed by atoms with Crippen LogP contribution < -0.4 is 10.9 Å². The molecule has 7 nitrogen and oxygen atoms in total. The van der Waals surface area contributed by atoms with Gasteiger partial charge in [0.1, 0.15) is 11.9 Å². The molecule has 0 unspecified atom stereocenters. The highest BCUT2D eigenvalue weighted by molar-refractivity contribution is 6.32. The maximum atomic E-state index is 12.3. The molecule has 23 heavy (non-hydrogen) atoms. The summed E-state index contributed by atoms with van der Waals surface area (Å²) < 4.78 is 0. The summed E-state index contributed by atoms with van der Waals surface area (Å²) in [7, 11) is 0. The summed E-state index contributed by atoms with van der Waals surface area (Å²) in [6.45, 7) is 0. The van der Waals surface area contributed by atoms with E-state index < -0.39 is 5.91 Å². The number of anilines is 1. The third-order valence-corrected chi connectivity index (χ3v) is 3.21. The molecule has 0 saturated heterocycles. The third-order valence-electron chi connectivity index (χ3n) is 3.21. The largest absolute Gasteiger partial charge is 0.411 e. The Bertz CT molecular complexity index is 963. The number of nitrogens with one attached hydrogen (secondary N) is 2. The quantitative estimate of drug-likeness (QED) is 0.390. The lowest BCUT2D eigenvalue weighted by Gasteiger charge is -2.09. The standard InChI is InChI=1S/C16H12N4O3/c21-14(9-17-23)18-11-6-2-1-5-10(11)15-16(22)20-13-8-4-3-7-12(13)19-15/h1-9,23H,(H,18,21)(H,20,22)/b17-9+. The number of benzene rings is 2. The summed E-state index contributed by atoms with van der Waals surface area (Å²) in [6, 6.07) is 13.9. The molecule has 3 aromatic rings. The number of nitrogens with zero attached hydrogens (tertiary/aromatic N) is 2. The molecule has 0 aliphatic carbocycles. The van der Waals surface area contributed by atoms with E-state index >= 15 is 0 Å². The Morgan fingerprint density at radius 3 is 2.74 bits per heavy atom. The summed E-state index contributed by atoms with van der Waals surface area (Å²) in [5.74, 6) is -0.614. The van der Waals surface area contributed by atoms with Gasteiger partial charge >= 0.3 is 0 Å². The van der Waals surface area contributed by atoms with Crippen molar-refractivity contribution in [2.75, 3.05) is 5.32 Å². The van der Waals surface area contributed by atoms with E-state index in [1.165, 1.54) is 0 Å². The average Bonchev–Trinajstić information content (AvgIpc) is 2.55. The van der Waals surface area contributed by atoms with E-state index in [-0.39, 0.29) is 11.3 Å². The summed E-state index contributed by atoms with van der Waals surface area (Å²) in [6.07, 6.45) is 0.731. The Morgan fingerprint density at radius 1 is 1.17 bits per heavy atom. The first-order valence-corrected chi connectivity index (χ1v) is 6.76. The number of aromatic nitrogens is 2. The minimum atomic E-state index is -0.614. The van der Waals surface area contributed by atoms with Crippen LogP contribution in [0.15, 0.2) is 58.5 Å². The molecule has 0 saturated carbocycles. The van der Waals surface area contributed by atoms with Crippen molar-refractivity contribution >= 4 is 28.8 Å². The molecule has 0 aliphatic heterocycles. The number of aromatic amines is 1. The SMILES string of the molecule is O=C(/C=N/O)Nc1ccccc1-c1nc2ccccc2[nH]c1=O. The van der Waals surface area contributed by atoms with Crippen LogP contribution in [0, 0.1) is 0 Å². The number of rotatable bonds is 3. The summed E-state index contributed by atoms with van der Waals surface area (Å²) >= 11 is 0. The maximum absolute atomic E-state index is 12.3. The van der Waals surface area contributed by atoms with Crippen LogP contribution in [-0.2, 0) is 4.79 Å². The molecule has 0 atom stereocenters. The number of amides is 1. The van der Waals surface area contributed by atoms with Gasteiger partial charge in [0.05, 0.1) is 16.7 Å². The lowest BCUT2D eigenvalue weighted by molar-refractivity contribution is -0.110. The van der Waals surface area contributed by atoms with Crippen molar-refractivity contribution in [3.8, 4) is 11.3 Å². The monoisotopic (exact) mass is 308 g/mol. The Morgan fingerprint density at radius 2 is 1.91 bits per heavy atom. The molecule has 0 fully saturated rings. The van der Waals surface area contributed by atoms with Gasteiger partial charge in [-0.05, 0) is 18.2 Å². The minimum absolute atomic E-state index is 0.195. The smallest absolute Gasteiger partial charge is 0.275 e. The minimum Gasteiger partial charge on any atom is -0.411 e. The number of carbonyl (C=O) groups excluding carboxylic acids is 1. The summed E-state index contributed by atoms with van der Waals surface area (Å²) in [4.78, 5) is 31.0. The number of hydrogen-bond donors (Lipinski definition) is 3. The van der Waals surface area contributed by atoms with E-state index in [1.54, 1.807) is 36.4 Å². The van der Waals surface area contributed by atoms with Crippen molar-refractivity contribution in [3.05, 3.63) is 58.9 Å². The number of H-pyrrole nitrogens is 1. The fourth-order valence-corrected chi connectivity index (χ4v) is 2.23. The van der Waals surface area contributed by atoms with Crippen molar-refractivity contribution in [3.63, 3.8) is 0 Å². The second kappa shape index (κ2) is 6.10. The molecular formula is C16H12N4O3. The van der Waals surface area contributed by atoms with Crippen LogP contribution >= 0.6 is 0 Å². The van der Waals surface area contributed by atoms with Crippen molar-refractivity contribution in [1.82, 2.24) is 9.97 Å². The Hall–Kier alpha value is -3.48. The van der Waals surface area contributed by atoms with Crippen LogP contribution in [0.1, 0.15) is 0 Å². The maximum Gasteiger partial charge on any atom is 0.275 e. The van der Waals surface area contributed by atoms with Gasteiger partial charge in [0.25, 0.3) is 11.5 Å². The van der Waals surface area contributed by atoms with Crippen molar-refractivity contribution < 1.29 is 10.0 Å². The normalized spacial score (nSPS) is 11.0. The zero-order chi connectivity index (χ0) is 16.2. The molecule has 0 aliphatic rings. The number of hydrogen-bond acceptors (Lipinski definition) is 5. The first kappa shape index (κ1) is 14.5. The lowest BCUT2D eigenvalue weighted by Crippen LogP contribution is -2.16. The topological polar surface area (TPSA) is 107 Å². The highest BCUT2D eigenvalue weighted by Crippen LogP contribution is 2.24. The van der Waals surface area contributed by atoms with Crippen molar-refractivity contribution in [1.29, 1.82) is 0 Å². The van der Waals surface area contributed by atoms with Gasteiger partial charge in [-0.3, -0.25) is 9.59 Å². The number of para-hydroxylation sites is 3. The second-order valence-electron chi connectivity index (χ2n) is 4.71. The van der Waals surface area contributed by atoms with Crippen LogP contribution in [-0.4, -0.2) is 27.3 Å². The van der Waals surface area contributed by atoms with Crippen LogP contribution in [0.4, 0.5) is 5.69 Å². The average molecular weight is 308 g/mol. The Kier molecular flexibility index (Phi) is 3.84. The van der Waals surface area contributed by atoms with E-state index in [2.05, 4.69) is 20.4 Å². The van der Waals surface area contributed by atoms with Gasteiger partial charge < -0.3 is 15.5 Å². The van der Waals surface area contributed by atoms with Crippen LogP contribution in [0.25, 0.3) is 22.3 Å². The summed E-state index contributed by atoms with van der Waals surface area (Å²) in [5, 5.41) is 13.6. The van der Waals surface area contributed by atoms with Crippen molar-refractivity contribution in [2.45, 2.75) is 0 Å². The van der Waals surface area contributed by atoms with Gasteiger partial charge in [0, 0.05) is 5.56 Å². The molecule has 0 bridgehead atoms.